The van der Waals surface area contributed by atoms with Gasteiger partial charge in [-0.15, -0.1) is 0 Å². The van der Waals surface area contributed by atoms with Crippen molar-refractivity contribution in [3.8, 4) is 11.4 Å². The Morgan fingerprint density at radius 2 is 2.09 bits per heavy atom. The third-order valence-electron chi connectivity index (χ3n) is 3.96. The molecule has 1 aliphatic rings. The smallest absolute Gasteiger partial charge is 0.161 e. The molecular formula is C17H22N4O. The van der Waals surface area contributed by atoms with Crippen molar-refractivity contribution in [3.63, 3.8) is 0 Å². The molecule has 2 aromatic heterocycles. The zero-order valence-electron chi connectivity index (χ0n) is 13.2. The van der Waals surface area contributed by atoms with E-state index in [1.807, 2.05) is 25.1 Å². The molecule has 0 unspecified atom stereocenters. The molecule has 0 bridgehead atoms. The molecule has 0 spiro atoms. The Kier molecular flexibility index (Phi) is 4.63. The van der Waals surface area contributed by atoms with Crippen LogP contribution in [-0.4, -0.2) is 41.8 Å². The molecule has 0 amide bonds. The van der Waals surface area contributed by atoms with Crippen molar-refractivity contribution < 1.29 is 4.74 Å². The van der Waals surface area contributed by atoms with Crippen molar-refractivity contribution in [2.75, 3.05) is 31.7 Å². The van der Waals surface area contributed by atoms with Gasteiger partial charge in [-0.05, 0) is 37.8 Å². The van der Waals surface area contributed by atoms with E-state index in [1.165, 1.54) is 6.42 Å². The molecule has 0 N–H and O–H groups in total. The van der Waals surface area contributed by atoms with E-state index in [2.05, 4.69) is 21.9 Å². The first kappa shape index (κ1) is 14.9. The number of rotatable bonds is 4. The second-order valence-corrected chi connectivity index (χ2v) is 5.89. The molecule has 1 fully saturated rings. The standard InChI is InChI=1S/C17H22N4O/c1-13-10-16(21(2)11-14-4-3-9-22-12-14)20-17(19-13)15-5-7-18-8-6-15/h5-8,10,14H,3-4,9,11-12H2,1-2H3/t14-/m1/s1. The SMILES string of the molecule is Cc1cc(N(C)C[C@H]2CCCOC2)nc(-c2ccncc2)n1. The van der Waals surface area contributed by atoms with E-state index < -0.39 is 0 Å². The van der Waals surface area contributed by atoms with Gasteiger partial charge in [0.1, 0.15) is 5.82 Å². The second kappa shape index (κ2) is 6.83. The van der Waals surface area contributed by atoms with Crippen LogP contribution in [-0.2, 0) is 4.74 Å². The number of pyridine rings is 1. The van der Waals surface area contributed by atoms with Crippen LogP contribution < -0.4 is 4.90 Å². The predicted molar refractivity (Wildman–Crippen MR) is 86.8 cm³/mol. The molecule has 116 valence electrons. The van der Waals surface area contributed by atoms with Gasteiger partial charge in [0.25, 0.3) is 0 Å². The Morgan fingerprint density at radius 1 is 1.27 bits per heavy atom. The third-order valence-corrected chi connectivity index (χ3v) is 3.96. The predicted octanol–water partition coefficient (Wildman–Crippen LogP) is 2.71. The van der Waals surface area contributed by atoms with Gasteiger partial charge in [0.15, 0.2) is 5.82 Å². The lowest BCUT2D eigenvalue weighted by atomic mass is 10.0. The normalized spacial score (nSPS) is 18.2. The lowest BCUT2D eigenvalue weighted by Crippen LogP contribution is -2.31. The van der Waals surface area contributed by atoms with Crippen LogP contribution in [0.1, 0.15) is 18.5 Å². The minimum Gasteiger partial charge on any atom is -0.381 e. The maximum atomic E-state index is 5.57. The van der Waals surface area contributed by atoms with Crippen LogP contribution in [0.25, 0.3) is 11.4 Å². The van der Waals surface area contributed by atoms with E-state index in [-0.39, 0.29) is 0 Å². The molecular weight excluding hydrogens is 276 g/mol. The molecule has 5 heteroatoms. The lowest BCUT2D eigenvalue weighted by Gasteiger charge is -2.28. The fraction of sp³-hybridized carbons (Fsp3) is 0.471. The highest BCUT2D eigenvalue weighted by molar-refractivity contribution is 5.57. The van der Waals surface area contributed by atoms with Crippen LogP contribution >= 0.6 is 0 Å². The maximum Gasteiger partial charge on any atom is 0.161 e. The minimum absolute atomic E-state index is 0.582. The van der Waals surface area contributed by atoms with Crippen LogP contribution in [0.2, 0.25) is 0 Å². The molecule has 1 saturated heterocycles. The molecule has 22 heavy (non-hydrogen) atoms. The lowest BCUT2D eigenvalue weighted by molar-refractivity contribution is 0.0576. The van der Waals surface area contributed by atoms with Crippen molar-refractivity contribution in [1.82, 2.24) is 15.0 Å². The topological polar surface area (TPSA) is 51.1 Å². The van der Waals surface area contributed by atoms with Crippen LogP contribution in [0.5, 0.6) is 0 Å². The average Bonchev–Trinajstić information content (AvgIpc) is 2.56. The van der Waals surface area contributed by atoms with Gasteiger partial charge in [0, 0.05) is 49.9 Å². The molecule has 5 nitrogen and oxygen atoms in total. The minimum atomic E-state index is 0.582. The summed E-state index contributed by atoms with van der Waals surface area (Å²) >= 11 is 0. The van der Waals surface area contributed by atoms with Gasteiger partial charge in [-0.25, -0.2) is 9.97 Å². The fourth-order valence-corrected chi connectivity index (χ4v) is 2.81. The van der Waals surface area contributed by atoms with E-state index in [4.69, 9.17) is 9.72 Å². The van der Waals surface area contributed by atoms with E-state index in [0.29, 0.717) is 5.92 Å². The number of anilines is 1. The number of aryl methyl sites for hydroxylation is 1. The summed E-state index contributed by atoms with van der Waals surface area (Å²) in [5.41, 5.74) is 1.97. The van der Waals surface area contributed by atoms with Crippen LogP contribution in [0.15, 0.2) is 30.6 Å². The largest absolute Gasteiger partial charge is 0.381 e. The number of ether oxygens (including phenoxy) is 1. The van der Waals surface area contributed by atoms with Crippen molar-refractivity contribution in [2.45, 2.75) is 19.8 Å². The second-order valence-electron chi connectivity index (χ2n) is 5.89. The quantitative estimate of drug-likeness (QED) is 0.868. The van der Waals surface area contributed by atoms with Crippen molar-refractivity contribution in [1.29, 1.82) is 0 Å². The van der Waals surface area contributed by atoms with E-state index in [1.54, 1.807) is 12.4 Å². The van der Waals surface area contributed by atoms with Crippen LogP contribution in [0, 0.1) is 12.8 Å². The highest BCUT2D eigenvalue weighted by atomic mass is 16.5. The van der Waals surface area contributed by atoms with Gasteiger partial charge in [-0.3, -0.25) is 4.98 Å². The highest BCUT2D eigenvalue weighted by Crippen LogP contribution is 2.21. The van der Waals surface area contributed by atoms with Crippen molar-refractivity contribution in [2.24, 2.45) is 5.92 Å². The van der Waals surface area contributed by atoms with E-state index >= 15 is 0 Å². The summed E-state index contributed by atoms with van der Waals surface area (Å²) in [6, 6.07) is 5.91. The molecule has 0 aromatic carbocycles. The Morgan fingerprint density at radius 3 is 2.82 bits per heavy atom. The fourth-order valence-electron chi connectivity index (χ4n) is 2.81. The summed E-state index contributed by atoms with van der Waals surface area (Å²) in [6.45, 7) is 4.73. The van der Waals surface area contributed by atoms with E-state index in [0.717, 1.165) is 49.1 Å². The van der Waals surface area contributed by atoms with Crippen LogP contribution in [0.3, 0.4) is 0 Å². The molecule has 3 heterocycles. The van der Waals surface area contributed by atoms with Crippen LogP contribution in [0.4, 0.5) is 5.82 Å². The Hall–Kier alpha value is -2.01. The Bertz CT molecular complexity index is 611. The number of hydrogen-bond donors (Lipinski definition) is 0. The summed E-state index contributed by atoms with van der Waals surface area (Å²) in [6.07, 6.45) is 5.92. The summed E-state index contributed by atoms with van der Waals surface area (Å²) in [4.78, 5) is 15.5. The van der Waals surface area contributed by atoms with Gasteiger partial charge >= 0.3 is 0 Å². The van der Waals surface area contributed by atoms with Gasteiger partial charge in [-0.2, -0.15) is 0 Å². The molecule has 0 aliphatic carbocycles. The average molecular weight is 298 g/mol. The molecule has 1 aliphatic heterocycles. The van der Waals surface area contributed by atoms with E-state index in [9.17, 15) is 0 Å². The maximum absolute atomic E-state index is 5.57. The monoisotopic (exact) mass is 298 g/mol. The summed E-state index contributed by atoms with van der Waals surface area (Å²) in [5.74, 6) is 2.30. The summed E-state index contributed by atoms with van der Waals surface area (Å²) < 4.78 is 5.57. The number of nitrogens with zero attached hydrogens (tertiary/aromatic N) is 4. The summed E-state index contributed by atoms with van der Waals surface area (Å²) in [7, 11) is 2.09. The van der Waals surface area contributed by atoms with Gasteiger partial charge in [0.2, 0.25) is 0 Å². The first-order chi connectivity index (χ1) is 10.7. The first-order valence-electron chi connectivity index (χ1n) is 7.77. The first-order valence-corrected chi connectivity index (χ1v) is 7.77. The van der Waals surface area contributed by atoms with Crippen molar-refractivity contribution >= 4 is 5.82 Å². The number of aromatic nitrogens is 3. The third kappa shape index (κ3) is 3.60. The van der Waals surface area contributed by atoms with Gasteiger partial charge in [-0.1, -0.05) is 0 Å². The van der Waals surface area contributed by atoms with Gasteiger partial charge < -0.3 is 9.64 Å². The molecule has 2 aromatic rings. The zero-order chi connectivity index (χ0) is 15.4. The Balaban J connectivity index is 1.79. The summed E-state index contributed by atoms with van der Waals surface area (Å²) in [5, 5.41) is 0. The molecule has 0 radical (unpaired) electrons. The highest BCUT2D eigenvalue weighted by Gasteiger charge is 2.17. The zero-order valence-corrected chi connectivity index (χ0v) is 13.2. The van der Waals surface area contributed by atoms with Gasteiger partial charge in [0.05, 0.1) is 6.61 Å². The Labute approximate surface area is 131 Å². The molecule has 1 atom stereocenters. The van der Waals surface area contributed by atoms with Crippen molar-refractivity contribution in [3.05, 3.63) is 36.3 Å². The number of hydrogen-bond acceptors (Lipinski definition) is 5. The molecule has 0 saturated carbocycles. The molecule has 3 rings (SSSR count).